The molecule has 0 atom stereocenters. The lowest BCUT2D eigenvalue weighted by Gasteiger charge is -2.21. The van der Waals surface area contributed by atoms with E-state index in [0.29, 0.717) is 29.7 Å². The van der Waals surface area contributed by atoms with Crippen molar-refractivity contribution in [2.45, 2.75) is 20.4 Å². The van der Waals surface area contributed by atoms with Crippen molar-refractivity contribution in [2.24, 2.45) is 0 Å². The Balaban J connectivity index is 2.30. The second kappa shape index (κ2) is 6.60. The molecule has 0 aliphatic carbocycles. The van der Waals surface area contributed by atoms with Crippen LogP contribution in [0, 0.1) is 13.8 Å². The number of nitrogens with zero attached hydrogens (tertiary/aromatic N) is 2. The second-order valence-electron chi connectivity index (χ2n) is 4.99. The number of benzene rings is 1. The van der Waals surface area contributed by atoms with E-state index in [4.69, 9.17) is 18.6 Å². The zero-order valence-electron chi connectivity index (χ0n) is 13.9. The molecule has 0 N–H and O–H groups in total. The van der Waals surface area contributed by atoms with E-state index in [2.05, 4.69) is 4.98 Å². The third kappa shape index (κ3) is 3.10. The van der Waals surface area contributed by atoms with Crippen molar-refractivity contribution in [1.29, 1.82) is 0 Å². The molecule has 1 aromatic heterocycles. The summed E-state index contributed by atoms with van der Waals surface area (Å²) in [6, 6.07) is 3.79. The van der Waals surface area contributed by atoms with Crippen molar-refractivity contribution in [3.8, 4) is 17.2 Å². The van der Waals surface area contributed by atoms with Crippen molar-refractivity contribution < 1.29 is 18.6 Å². The Morgan fingerprint density at radius 2 is 1.64 bits per heavy atom. The van der Waals surface area contributed by atoms with Gasteiger partial charge in [0, 0.05) is 24.9 Å². The number of oxazole rings is 1. The van der Waals surface area contributed by atoms with Crippen LogP contribution in [0.1, 0.15) is 17.3 Å². The number of hydrogen-bond acceptors (Lipinski definition) is 6. The first kappa shape index (κ1) is 16.0. The first-order valence-corrected chi connectivity index (χ1v) is 6.94. The topological polar surface area (TPSA) is 57.0 Å². The average molecular weight is 306 g/mol. The van der Waals surface area contributed by atoms with Crippen LogP contribution < -0.4 is 19.1 Å². The molecule has 0 fully saturated rings. The summed E-state index contributed by atoms with van der Waals surface area (Å²) in [6.07, 6.45) is 0. The van der Waals surface area contributed by atoms with E-state index >= 15 is 0 Å². The summed E-state index contributed by atoms with van der Waals surface area (Å²) < 4.78 is 21.7. The summed E-state index contributed by atoms with van der Waals surface area (Å²) in [5.74, 6) is 3.32. The lowest BCUT2D eigenvalue weighted by molar-refractivity contribution is 0.324. The minimum atomic E-state index is 0.549. The number of aryl methyl sites for hydroxylation is 2. The van der Waals surface area contributed by atoms with Crippen LogP contribution in [0.5, 0.6) is 17.2 Å². The van der Waals surface area contributed by atoms with Crippen molar-refractivity contribution in [3.05, 3.63) is 29.5 Å². The van der Waals surface area contributed by atoms with E-state index in [1.807, 2.05) is 37.9 Å². The molecule has 0 aliphatic rings. The van der Waals surface area contributed by atoms with Crippen LogP contribution in [0.15, 0.2) is 16.5 Å². The molecule has 1 aromatic carbocycles. The predicted octanol–water partition coefficient (Wildman–Crippen LogP) is 2.95. The van der Waals surface area contributed by atoms with E-state index in [0.717, 1.165) is 17.1 Å². The van der Waals surface area contributed by atoms with Gasteiger partial charge in [0.1, 0.15) is 5.76 Å². The van der Waals surface area contributed by atoms with Gasteiger partial charge in [-0.1, -0.05) is 0 Å². The van der Waals surface area contributed by atoms with Gasteiger partial charge in [0.25, 0.3) is 0 Å². The largest absolute Gasteiger partial charge is 0.493 e. The molecule has 1 heterocycles. The number of methoxy groups -OCH3 is 3. The lowest BCUT2D eigenvalue weighted by atomic mass is 10.2. The highest BCUT2D eigenvalue weighted by Gasteiger charge is 2.16. The molecule has 6 nitrogen and oxygen atoms in total. The molecule has 0 radical (unpaired) electrons. The Labute approximate surface area is 130 Å². The minimum absolute atomic E-state index is 0.549. The molecule has 120 valence electrons. The Kier molecular flexibility index (Phi) is 4.80. The van der Waals surface area contributed by atoms with Crippen molar-refractivity contribution >= 4 is 5.69 Å². The third-order valence-electron chi connectivity index (χ3n) is 3.54. The summed E-state index contributed by atoms with van der Waals surface area (Å²) in [4.78, 5) is 6.41. The highest BCUT2D eigenvalue weighted by Crippen LogP contribution is 2.41. The summed E-state index contributed by atoms with van der Waals surface area (Å²) in [5.41, 5.74) is 1.83. The first-order chi connectivity index (χ1) is 10.5. The fourth-order valence-corrected chi connectivity index (χ4v) is 2.19. The molecular weight excluding hydrogens is 284 g/mol. The maximum Gasteiger partial charge on any atom is 0.214 e. The molecular formula is C16H22N2O4. The Morgan fingerprint density at radius 3 is 2.05 bits per heavy atom. The van der Waals surface area contributed by atoms with Gasteiger partial charge in [0.2, 0.25) is 11.6 Å². The van der Waals surface area contributed by atoms with Gasteiger partial charge in [-0.05, 0) is 13.8 Å². The maximum atomic E-state index is 5.62. The highest BCUT2D eigenvalue weighted by atomic mass is 16.5. The minimum Gasteiger partial charge on any atom is -0.493 e. The standard InChI is InChI=1S/C16H22N2O4/c1-10-11(2)22-15(17-10)9-18(3)12-7-13(19-4)16(21-6)14(8-12)20-5/h7-8H,9H2,1-6H3. The fraction of sp³-hybridized carbons (Fsp3) is 0.438. The number of hydrogen-bond donors (Lipinski definition) is 0. The van der Waals surface area contributed by atoms with Crippen LogP contribution in [0.4, 0.5) is 5.69 Å². The Morgan fingerprint density at radius 1 is 1.05 bits per heavy atom. The van der Waals surface area contributed by atoms with Gasteiger partial charge in [0.15, 0.2) is 11.5 Å². The molecule has 6 heteroatoms. The van der Waals surface area contributed by atoms with Crippen LogP contribution in [0.25, 0.3) is 0 Å². The normalized spacial score (nSPS) is 10.5. The summed E-state index contributed by atoms with van der Waals surface area (Å²) in [5, 5.41) is 0. The van der Waals surface area contributed by atoms with Crippen LogP contribution in [-0.4, -0.2) is 33.4 Å². The Bertz CT molecular complexity index is 607. The highest BCUT2D eigenvalue weighted by molar-refractivity contribution is 5.63. The van der Waals surface area contributed by atoms with Crippen LogP contribution >= 0.6 is 0 Å². The molecule has 0 spiro atoms. The zero-order chi connectivity index (χ0) is 16.3. The number of rotatable bonds is 6. The summed E-state index contributed by atoms with van der Waals surface area (Å²) >= 11 is 0. The number of ether oxygens (including phenoxy) is 3. The molecule has 0 saturated heterocycles. The van der Waals surface area contributed by atoms with Gasteiger partial charge in [-0.25, -0.2) is 4.98 Å². The molecule has 0 saturated carbocycles. The van der Waals surface area contributed by atoms with Gasteiger partial charge in [0.05, 0.1) is 33.6 Å². The van der Waals surface area contributed by atoms with E-state index < -0.39 is 0 Å². The quantitative estimate of drug-likeness (QED) is 0.818. The summed E-state index contributed by atoms with van der Waals surface area (Å²) in [7, 11) is 6.74. The van der Waals surface area contributed by atoms with Gasteiger partial charge >= 0.3 is 0 Å². The second-order valence-corrected chi connectivity index (χ2v) is 4.99. The molecule has 22 heavy (non-hydrogen) atoms. The number of anilines is 1. The molecule has 2 rings (SSSR count). The maximum absolute atomic E-state index is 5.62. The van der Waals surface area contributed by atoms with Crippen LogP contribution in [-0.2, 0) is 6.54 Å². The van der Waals surface area contributed by atoms with E-state index in [9.17, 15) is 0 Å². The van der Waals surface area contributed by atoms with E-state index in [1.165, 1.54) is 0 Å². The van der Waals surface area contributed by atoms with Gasteiger partial charge in [-0.15, -0.1) is 0 Å². The Hall–Kier alpha value is -2.37. The number of aromatic nitrogens is 1. The van der Waals surface area contributed by atoms with Crippen molar-refractivity contribution in [3.63, 3.8) is 0 Å². The van der Waals surface area contributed by atoms with Crippen molar-refractivity contribution in [2.75, 3.05) is 33.3 Å². The molecule has 0 unspecified atom stereocenters. The fourth-order valence-electron chi connectivity index (χ4n) is 2.19. The SMILES string of the molecule is COc1cc(N(C)Cc2nc(C)c(C)o2)cc(OC)c1OC. The van der Waals surface area contributed by atoms with Gasteiger partial charge < -0.3 is 23.5 Å². The first-order valence-electron chi connectivity index (χ1n) is 6.94. The zero-order valence-corrected chi connectivity index (χ0v) is 13.9. The van der Waals surface area contributed by atoms with E-state index in [1.54, 1.807) is 21.3 Å². The lowest BCUT2D eigenvalue weighted by Crippen LogP contribution is -2.17. The van der Waals surface area contributed by atoms with Crippen molar-refractivity contribution in [1.82, 2.24) is 4.98 Å². The van der Waals surface area contributed by atoms with E-state index in [-0.39, 0.29) is 0 Å². The molecule has 0 aliphatic heterocycles. The molecule has 2 aromatic rings. The average Bonchev–Trinajstić information content (AvgIpc) is 2.83. The smallest absolute Gasteiger partial charge is 0.214 e. The van der Waals surface area contributed by atoms with Crippen LogP contribution in [0.2, 0.25) is 0 Å². The third-order valence-corrected chi connectivity index (χ3v) is 3.54. The van der Waals surface area contributed by atoms with Gasteiger partial charge in [-0.2, -0.15) is 0 Å². The predicted molar refractivity (Wildman–Crippen MR) is 84.2 cm³/mol. The summed E-state index contributed by atoms with van der Waals surface area (Å²) in [6.45, 7) is 4.39. The monoisotopic (exact) mass is 306 g/mol. The molecule has 0 bridgehead atoms. The van der Waals surface area contributed by atoms with Gasteiger partial charge in [-0.3, -0.25) is 0 Å². The van der Waals surface area contributed by atoms with Crippen LogP contribution in [0.3, 0.4) is 0 Å². The molecule has 0 amide bonds.